The SMILES string of the molecule is CN/C=C(\C=N)c1cnc2ccc3ccc(CS(=O)(=O)NCc4c[nH]nc4-c4ccccc4)cc3c(=O)c2c1. The van der Waals surface area contributed by atoms with Crippen LogP contribution in [0.5, 0.6) is 0 Å². The van der Waals surface area contributed by atoms with Gasteiger partial charge in [0.1, 0.15) is 0 Å². The summed E-state index contributed by atoms with van der Waals surface area (Å²) in [6, 6.07) is 19.9. The summed E-state index contributed by atoms with van der Waals surface area (Å²) in [5.41, 5.74) is 4.24. The molecule has 0 bridgehead atoms. The molecule has 0 atom stereocenters. The van der Waals surface area contributed by atoms with Crippen molar-refractivity contribution in [3.63, 3.8) is 0 Å². The van der Waals surface area contributed by atoms with Gasteiger partial charge < -0.3 is 10.7 Å². The Balaban J connectivity index is 1.44. The second-order valence-electron chi connectivity index (χ2n) is 8.98. The van der Waals surface area contributed by atoms with E-state index >= 15 is 0 Å². The number of H-pyrrole nitrogens is 1. The fourth-order valence-corrected chi connectivity index (χ4v) is 5.51. The normalized spacial score (nSPS) is 12.1. The van der Waals surface area contributed by atoms with Gasteiger partial charge in [-0.2, -0.15) is 5.10 Å². The zero-order chi connectivity index (χ0) is 27.4. The molecule has 0 amide bonds. The minimum atomic E-state index is -3.72. The van der Waals surface area contributed by atoms with E-state index in [0.29, 0.717) is 44.1 Å². The molecule has 0 aliphatic carbocycles. The molecule has 10 heteroatoms. The maximum absolute atomic E-state index is 13.6. The number of aromatic nitrogens is 3. The van der Waals surface area contributed by atoms with Crippen molar-refractivity contribution in [2.75, 3.05) is 7.05 Å². The van der Waals surface area contributed by atoms with Gasteiger partial charge >= 0.3 is 0 Å². The first-order valence-corrected chi connectivity index (χ1v) is 13.8. The third kappa shape index (κ3) is 5.62. The van der Waals surface area contributed by atoms with Crippen LogP contribution in [0.3, 0.4) is 0 Å². The van der Waals surface area contributed by atoms with E-state index in [1.165, 1.54) is 6.21 Å². The molecular formula is C29H26N6O3S. The van der Waals surface area contributed by atoms with Gasteiger partial charge in [-0.1, -0.05) is 48.5 Å². The molecule has 0 aliphatic heterocycles. The number of pyridine rings is 1. The van der Waals surface area contributed by atoms with Crippen molar-refractivity contribution < 1.29 is 8.42 Å². The number of sulfonamides is 1. The topological polar surface area (TPSA) is 141 Å². The van der Waals surface area contributed by atoms with Crippen LogP contribution in [0, 0.1) is 5.41 Å². The molecule has 4 N–H and O–H groups in total. The van der Waals surface area contributed by atoms with E-state index in [1.807, 2.05) is 30.3 Å². The molecule has 0 saturated carbocycles. The Bertz CT molecular complexity index is 1880. The highest BCUT2D eigenvalue weighted by Crippen LogP contribution is 2.22. The first-order valence-electron chi connectivity index (χ1n) is 12.2. The number of fused-ring (bicyclic) bond motifs is 2. The van der Waals surface area contributed by atoms with Crippen LogP contribution in [0.15, 0.2) is 90.1 Å². The maximum atomic E-state index is 13.6. The average molecular weight is 539 g/mol. The molecule has 9 nitrogen and oxygen atoms in total. The van der Waals surface area contributed by atoms with Crippen LogP contribution in [0.1, 0.15) is 16.7 Å². The van der Waals surface area contributed by atoms with Gasteiger partial charge in [-0.05, 0) is 29.1 Å². The minimum absolute atomic E-state index is 0.0764. The lowest BCUT2D eigenvalue weighted by Gasteiger charge is -2.08. The van der Waals surface area contributed by atoms with Gasteiger partial charge in [0.15, 0.2) is 5.43 Å². The average Bonchev–Trinajstić information content (AvgIpc) is 3.38. The minimum Gasteiger partial charge on any atom is -0.393 e. The fourth-order valence-electron chi connectivity index (χ4n) is 4.41. The van der Waals surface area contributed by atoms with E-state index in [1.54, 1.807) is 62.0 Å². The highest BCUT2D eigenvalue weighted by molar-refractivity contribution is 7.88. The number of aromatic amines is 1. The van der Waals surface area contributed by atoms with Gasteiger partial charge in [0, 0.05) is 71.4 Å². The van der Waals surface area contributed by atoms with Gasteiger partial charge in [-0.3, -0.25) is 14.9 Å². The van der Waals surface area contributed by atoms with Gasteiger partial charge in [-0.25, -0.2) is 13.1 Å². The van der Waals surface area contributed by atoms with Crippen LogP contribution in [0.25, 0.3) is 38.5 Å². The molecule has 5 aromatic rings. The van der Waals surface area contributed by atoms with Crippen molar-refractivity contribution in [1.82, 2.24) is 25.2 Å². The summed E-state index contributed by atoms with van der Waals surface area (Å²) in [6.45, 7) is 0.0764. The highest BCUT2D eigenvalue weighted by Gasteiger charge is 2.16. The summed E-state index contributed by atoms with van der Waals surface area (Å²) in [5, 5.41) is 19.1. The number of nitrogens with one attached hydrogen (secondary N) is 4. The first kappa shape index (κ1) is 26.0. The standard InChI is InChI=1S/C29H26N6O3S/c1-31-14-23(13-30)22-12-26-27(32-15-22)10-9-20-8-7-19(11-25(20)29(26)36)18-39(37,38)34-17-24-16-33-35-28(24)21-5-3-2-4-6-21/h2-16,30-31,34H,17-18H2,1H3,(H,33,35)/b23-14+,30-13?. The molecule has 39 heavy (non-hydrogen) atoms. The molecule has 2 aromatic heterocycles. The van der Waals surface area contributed by atoms with E-state index in [2.05, 4.69) is 25.2 Å². The van der Waals surface area contributed by atoms with Crippen molar-refractivity contribution in [2.45, 2.75) is 12.3 Å². The van der Waals surface area contributed by atoms with Crippen LogP contribution in [0.4, 0.5) is 0 Å². The zero-order valence-corrected chi connectivity index (χ0v) is 21.9. The predicted octanol–water partition coefficient (Wildman–Crippen LogP) is 3.97. The highest BCUT2D eigenvalue weighted by atomic mass is 32.2. The largest absolute Gasteiger partial charge is 0.393 e. The van der Waals surface area contributed by atoms with Crippen LogP contribution in [-0.4, -0.2) is 36.9 Å². The molecule has 196 valence electrons. The van der Waals surface area contributed by atoms with E-state index < -0.39 is 10.0 Å². The van der Waals surface area contributed by atoms with Crippen LogP contribution < -0.4 is 15.5 Å². The van der Waals surface area contributed by atoms with Crippen molar-refractivity contribution in [2.24, 2.45) is 0 Å². The van der Waals surface area contributed by atoms with Crippen LogP contribution in [0.2, 0.25) is 0 Å². The molecule has 0 aliphatic rings. The summed E-state index contributed by atoms with van der Waals surface area (Å²) in [6.07, 6.45) is 6.14. The molecule has 3 aromatic carbocycles. The number of rotatable bonds is 9. The molecule has 0 spiro atoms. The summed E-state index contributed by atoms with van der Waals surface area (Å²) < 4.78 is 28.6. The summed E-state index contributed by atoms with van der Waals surface area (Å²) in [7, 11) is -2.00. The van der Waals surface area contributed by atoms with E-state index in [0.717, 1.165) is 11.1 Å². The Labute approximate surface area is 225 Å². The Hall–Kier alpha value is -4.67. The third-order valence-corrected chi connectivity index (χ3v) is 7.64. The van der Waals surface area contributed by atoms with E-state index in [4.69, 9.17) is 5.41 Å². The quantitative estimate of drug-likeness (QED) is 0.209. The van der Waals surface area contributed by atoms with Crippen molar-refractivity contribution >= 4 is 43.5 Å². The Morgan fingerprint density at radius 3 is 2.62 bits per heavy atom. The number of benzene rings is 2. The van der Waals surface area contributed by atoms with Gasteiger partial charge in [0.05, 0.1) is 17.0 Å². The van der Waals surface area contributed by atoms with E-state index in [-0.39, 0.29) is 17.7 Å². The monoisotopic (exact) mass is 538 g/mol. The third-order valence-electron chi connectivity index (χ3n) is 6.34. The van der Waals surface area contributed by atoms with Crippen LogP contribution >= 0.6 is 0 Å². The van der Waals surface area contributed by atoms with Gasteiger partial charge in [-0.15, -0.1) is 0 Å². The number of hydrogen-bond acceptors (Lipinski definition) is 7. The molecule has 0 fully saturated rings. The summed E-state index contributed by atoms with van der Waals surface area (Å²) in [4.78, 5) is 18.0. The summed E-state index contributed by atoms with van der Waals surface area (Å²) >= 11 is 0. The van der Waals surface area contributed by atoms with Crippen molar-refractivity contribution in [3.05, 3.63) is 112 Å². The molecule has 0 unspecified atom stereocenters. The van der Waals surface area contributed by atoms with Crippen molar-refractivity contribution in [1.29, 1.82) is 5.41 Å². The van der Waals surface area contributed by atoms with E-state index in [9.17, 15) is 13.2 Å². The number of hydrogen-bond donors (Lipinski definition) is 4. The molecule has 2 heterocycles. The van der Waals surface area contributed by atoms with Crippen molar-refractivity contribution in [3.8, 4) is 11.3 Å². The second kappa shape index (κ2) is 11.0. The smallest absolute Gasteiger partial charge is 0.216 e. The lowest BCUT2D eigenvalue weighted by molar-refractivity contribution is 0.580. The Morgan fingerprint density at radius 1 is 1.05 bits per heavy atom. The number of nitrogens with zero attached hydrogens (tertiary/aromatic N) is 2. The fraction of sp³-hybridized carbons (Fsp3) is 0.103. The van der Waals surface area contributed by atoms with Gasteiger partial charge in [0.2, 0.25) is 10.0 Å². The number of allylic oxidation sites excluding steroid dienone is 1. The van der Waals surface area contributed by atoms with Gasteiger partial charge in [0.25, 0.3) is 0 Å². The molecular weight excluding hydrogens is 512 g/mol. The summed E-state index contributed by atoms with van der Waals surface area (Å²) in [5.74, 6) is -0.288. The Morgan fingerprint density at radius 2 is 1.85 bits per heavy atom. The molecule has 5 rings (SSSR count). The Kier molecular flexibility index (Phi) is 7.31. The molecule has 0 radical (unpaired) electrons. The molecule has 0 saturated heterocycles. The lowest BCUT2D eigenvalue weighted by atomic mass is 10.1. The predicted molar refractivity (Wildman–Crippen MR) is 155 cm³/mol. The maximum Gasteiger partial charge on any atom is 0.216 e. The lowest BCUT2D eigenvalue weighted by Crippen LogP contribution is -2.24. The zero-order valence-electron chi connectivity index (χ0n) is 21.1. The van der Waals surface area contributed by atoms with Crippen LogP contribution in [-0.2, 0) is 22.3 Å². The second-order valence-corrected chi connectivity index (χ2v) is 10.8. The first-order chi connectivity index (χ1) is 18.9.